The van der Waals surface area contributed by atoms with Gasteiger partial charge in [-0.05, 0) is 32.6 Å². The molecule has 2 atom stereocenters. The fraction of sp³-hybridized carbons (Fsp3) is 0.722. The van der Waals surface area contributed by atoms with Crippen LogP contribution in [0.1, 0.15) is 58.3 Å². The van der Waals surface area contributed by atoms with E-state index < -0.39 is 5.54 Å². The summed E-state index contributed by atoms with van der Waals surface area (Å²) in [4.78, 5) is 24.6. The van der Waals surface area contributed by atoms with Crippen molar-refractivity contribution in [1.29, 1.82) is 0 Å². The first-order valence-electron chi connectivity index (χ1n) is 9.35. The molecule has 2 saturated carbocycles. The highest BCUT2D eigenvalue weighted by Crippen LogP contribution is 2.32. The lowest BCUT2D eigenvalue weighted by molar-refractivity contribution is -0.123. The number of carbonyl (C=O) groups is 2. The van der Waals surface area contributed by atoms with E-state index in [-0.39, 0.29) is 36.7 Å². The molecule has 0 spiro atoms. The predicted octanol–water partition coefficient (Wildman–Crippen LogP) is 2.21. The summed E-state index contributed by atoms with van der Waals surface area (Å²) in [6.07, 6.45) is 11.6. The zero-order valence-corrected chi connectivity index (χ0v) is 16.2. The number of nitrogens with two attached hydrogens (primary N) is 1. The van der Waals surface area contributed by atoms with Crippen molar-refractivity contribution in [2.24, 2.45) is 11.7 Å². The van der Waals surface area contributed by atoms with E-state index in [2.05, 4.69) is 15.7 Å². The summed E-state index contributed by atoms with van der Waals surface area (Å²) in [5.74, 6) is -0.274. The molecule has 4 N–H and O–H groups in total. The van der Waals surface area contributed by atoms with Gasteiger partial charge in [0.25, 0.3) is 0 Å². The number of anilines is 1. The van der Waals surface area contributed by atoms with E-state index in [0.29, 0.717) is 11.7 Å². The number of aromatic nitrogens is 2. The average Bonchev–Trinajstić information content (AvgIpc) is 3.19. The van der Waals surface area contributed by atoms with Gasteiger partial charge in [-0.2, -0.15) is 5.10 Å². The van der Waals surface area contributed by atoms with E-state index in [1.807, 2.05) is 6.92 Å². The molecule has 0 saturated heterocycles. The molecule has 1 aromatic heterocycles. The Morgan fingerprint density at radius 2 is 1.96 bits per heavy atom. The SMILES string of the molecule is CC1(N)CCCCC1C(=O)Nc1cnn(CC(=O)NC2CCCC2)c1.Cl. The Kier molecular flexibility index (Phi) is 7.06. The van der Waals surface area contributed by atoms with Crippen LogP contribution >= 0.6 is 12.4 Å². The summed E-state index contributed by atoms with van der Waals surface area (Å²) in [5, 5.41) is 10.1. The Morgan fingerprint density at radius 3 is 2.65 bits per heavy atom. The minimum absolute atomic E-state index is 0. The molecule has 2 aliphatic carbocycles. The Bertz CT molecular complexity index is 625. The third-order valence-corrected chi connectivity index (χ3v) is 5.50. The van der Waals surface area contributed by atoms with Crippen molar-refractivity contribution in [3.63, 3.8) is 0 Å². The summed E-state index contributed by atoms with van der Waals surface area (Å²) >= 11 is 0. The van der Waals surface area contributed by atoms with Crippen LogP contribution in [0, 0.1) is 5.92 Å². The molecule has 0 aliphatic heterocycles. The molecule has 8 heteroatoms. The molecule has 1 aromatic rings. The van der Waals surface area contributed by atoms with Crippen LogP contribution in [0.3, 0.4) is 0 Å². The molecular formula is C18H30ClN5O2. The summed E-state index contributed by atoms with van der Waals surface area (Å²) in [6, 6.07) is 0.302. The smallest absolute Gasteiger partial charge is 0.241 e. The number of rotatable bonds is 5. The van der Waals surface area contributed by atoms with Crippen LogP contribution in [-0.2, 0) is 16.1 Å². The molecule has 0 aromatic carbocycles. The number of hydrogen-bond donors (Lipinski definition) is 3. The minimum Gasteiger partial charge on any atom is -0.352 e. The van der Waals surface area contributed by atoms with Crippen molar-refractivity contribution in [2.45, 2.75) is 76.4 Å². The van der Waals surface area contributed by atoms with Gasteiger partial charge >= 0.3 is 0 Å². The van der Waals surface area contributed by atoms with Gasteiger partial charge in [0.05, 0.1) is 17.8 Å². The Balaban J connectivity index is 0.00000243. The highest BCUT2D eigenvalue weighted by atomic mass is 35.5. The molecule has 2 fully saturated rings. The largest absolute Gasteiger partial charge is 0.352 e. The van der Waals surface area contributed by atoms with Crippen LogP contribution in [0.25, 0.3) is 0 Å². The van der Waals surface area contributed by atoms with Crippen molar-refractivity contribution < 1.29 is 9.59 Å². The highest BCUT2D eigenvalue weighted by molar-refractivity contribution is 5.93. The third kappa shape index (κ3) is 5.20. The fourth-order valence-electron chi connectivity index (χ4n) is 4.02. The monoisotopic (exact) mass is 383 g/mol. The summed E-state index contributed by atoms with van der Waals surface area (Å²) in [6.45, 7) is 2.12. The van der Waals surface area contributed by atoms with Gasteiger partial charge in [-0.25, -0.2) is 0 Å². The van der Waals surface area contributed by atoms with E-state index in [4.69, 9.17) is 5.73 Å². The Morgan fingerprint density at radius 1 is 1.27 bits per heavy atom. The molecular weight excluding hydrogens is 354 g/mol. The van der Waals surface area contributed by atoms with E-state index in [1.165, 1.54) is 12.8 Å². The lowest BCUT2D eigenvalue weighted by Gasteiger charge is -2.37. The van der Waals surface area contributed by atoms with Crippen molar-refractivity contribution in [1.82, 2.24) is 15.1 Å². The first kappa shape index (κ1) is 20.7. The summed E-state index contributed by atoms with van der Waals surface area (Å²) < 4.78 is 1.56. The number of nitrogens with zero attached hydrogens (tertiary/aromatic N) is 2. The molecule has 2 aliphatic rings. The van der Waals surface area contributed by atoms with Crippen molar-refractivity contribution in [2.75, 3.05) is 5.32 Å². The number of hydrogen-bond acceptors (Lipinski definition) is 4. The van der Waals surface area contributed by atoms with E-state index >= 15 is 0 Å². The topological polar surface area (TPSA) is 102 Å². The highest BCUT2D eigenvalue weighted by Gasteiger charge is 2.37. The fourth-order valence-corrected chi connectivity index (χ4v) is 4.02. The maximum absolute atomic E-state index is 12.5. The van der Waals surface area contributed by atoms with E-state index in [9.17, 15) is 9.59 Å². The average molecular weight is 384 g/mol. The third-order valence-electron chi connectivity index (χ3n) is 5.50. The van der Waals surface area contributed by atoms with Crippen LogP contribution in [-0.4, -0.2) is 33.2 Å². The Labute approximate surface area is 160 Å². The lowest BCUT2D eigenvalue weighted by atomic mass is 9.74. The zero-order chi connectivity index (χ0) is 17.9. The molecule has 3 rings (SSSR count). The number of amides is 2. The van der Waals surface area contributed by atoms with Crippen molar-refractivity contribution in [3.8, 4) is 0 Å². The lowest BCUT2D eigenvalue weighted by Crippen LogP contribution is -2.51. The van der Waals surface area contributed by atoms with Crippen LogP contribution in [0.4, 0.5) is 5.69 Å². The Hall–Kier alpha value is -1.60. The second-order valence-corrected chi connectivity index (χ2v) is 7.77. The quantitative estimate of drug-likeness (QED) is 0.725. The standard InChI is InChI=1S/C18H29N5O2.ClH/c1-18(19)9-5-4-8-15(18)17(25)22-14-10-20-23(11-14)12-16(24)21-13-6-2-3-7-13;/h10-11,13,15H,2-9,12,19H2,1H3,(H,21,24)(H,22,25);1H. The van der Waals surface area contributed by atoms with Gasteiger partial charge in [0, 0.05) is 17.8 Å². The number of nitrogens with one attached hydrogen (secondary N) is 2. The molecule has 1 heterocycles. The van der Waals surface area contributed by atoms with Gasteiger partial charge in [0.15, 0.2) is 0 Å². The summed E-state index contributed by atoms with van der Waals surface area (Å²) in [5.41, 5.74) is 6.44. The number of carbonyl (C=O) groups excluding carboxylic acids is 2. The maximum Gasteiger partial charge on any atom is 0.241 e. The first-order chi connectivity index (χ1) is 11.9. The normalized spacial score (nSPS) is 26.2. The van der Waals surface area contributed by atoms with Gasteiger partial charge < -0.3 is 16.4 Å². The molecule has 146 valence electrons. The van der Waals surface area contributed by atoms with Crippen LogP contribution in [0.5, 0.6) is 0 Å². The molecule has 26 heavy (non-hydrogen) atoms. The van der Waals surface area contributed by atoms with Gasteiger partial charge in [-0.15, -0.1) is 12.4 Å². The second-order valence-electron chi connectivity index (χ2n) is 7.77. The summed E-state index contributed by atoms with van der Waals surface area (Å²) in [7, 11) is 0. The first-order valence-corrected chi connectivity index (χ1v) is 9.35. The van der Waals surface area contributed by atoms with Gasteiger partial charge in [0.1, 0.15) is 6.54 Å². The zero-order valence-electron chi connectivity index (χ0n) is 15.4. The van der Waals surface area contributed by atoms with E-state index in [1.54, 1.807) is 17.1 Å². The molecule has 2 amide bonds. The van der Waals surface area contributed by atoms with Gasteiger partial charge in [-0.1, -0.05) is 25.7 Å². The minimum atomic E-state index is -0.459. The van der Waals surface area contributed by atoms with Crippen LogP contribution in [0.2, 0.25) is 0 Å². The van der Waals surface area contributed by atoms with Gasteiger partial charge in [-0.3, -0.25) is 14.3 Å². The molecule has 0 bridgehead atoms. The maximum atomic E-state index is 12.5. The number of halogens is 1. The van der Waals surface area contributed by atoms with Crippen LogP contribution in [0.15, 0.2) is 12.4 Å². The molecule has 2 unspecified atom stereocenters. The van der Waals surface area contributed by atoms with Gasteiger partial charge in [0.2, 0.25) is 11.8 Å². The second kappa shape index (κ2) is 8.86. The molecule has 7 nitrogen and oxygen atoms in total. The van der Waals surface area contributed by atoms with Crippen LogP contribution < -0.4 is 16.4 Å². The van der Waals surface area contributed by atoms with Crippen molar-refractivity contribution in [3.05, 3.63) is 12.4 Å². The van der Waals surface area contributed by atoms with E-state index in [0.717, 1.165) is 38.5 Å². The molecule has 0 radical (unpaired) electrons. The van der Waals surface area contributed by atoms with Crippen molar-refractivity contribution >= 4 is 29.9 Å². The predicted molar refractivity (Wildman–Crippen MR) is 103 cm³/mol.